The number of methoxy groups -OCH3 is 1. The average molecular weight is 259 g/mol. The number of ether oxygens (including phenoxy) is 1. The lowest BCUT2D eigenvalue weighted by atomic mass is 9.84. The molecule has 3 nitrogen and oxygen atoms in total. The Labute approximate surface area is 114 Å². The number of hydrogen-bond acceptors (Lipinski definition) is 2. The van der Waals surface area contributed by atoms with Crippen LogP contribution >= 0.6 is 0 Å². The second-order valence-corrected chi connectivity index (χ2v) is 5.67. The zero-order valence-corrected chi connectivity index (χ0v) is 11.5. The van der Waals surface area contributed by atoms with Crippen LogP contribution in [0.3, 0.4) is 0 Å². The Kier molecular flexibility index (Phi) is 3.45. The van der Waals surface area contributed by atoms with Crippen LogP contribution in [0, 0.1) is 5.92 Å². The molecule has 1 amide bonds. The molecule has 0 radical (unpaired) electrons. The summed E-state index contributed by atoms with van der Waals surface area (Å²) in [5, 5.41) is 0. The van der Waals surface area contributed by atoms with Gasteiger partial charge in [0.15, 0.2) is 0 Å². The van der Waals surface area contributed by atoms with Gasteiger partial charge in [-0.05, 0) is 37.0 Å². The number of hydrogen-bond donors (Lipinski definition) is 0. The van der Waals surface area contributed by atoms with Crippen molar-refractivity contribution in [2.45, 2.75) is 31.6 Å². The molecule has 0 spiro atoms. The van der Waals surface area contributed by atoms with Crippen molar-refractivity contribution in [3.63, 3.8) is 0 Å². The molecule has 19 heavy (non-hydrogen) atoms. The third-order valence-corrected chi connectivity index (χ3v) is 4.54. The van der Waals surface area contributed by atoms with Crippen LogP contribution in [0.2, 0.25) is 0 Å². The van der Waals surface area contributed by atoms with Crippen molar-refractivity contribution in [2.24, 2.45) is 5.92 Å². The van der Waals surface area contributed by atoms with E-state index in [0.717, 1.165) is 38.1 Å². The molecule has 1 aliphatic heterocycles. The number of benzene rings is 1. The van der Waals surface area contributed by atoms with E-state index in [-0.39, 0.29) is 0 Å². The summed E-state index contributed by atoms with van der Waals surface area (Å²) >= 11 is 0. The summed E-state index contributed by atoms with van der Waals surface area (Å²) in [6.07, 6.45) is 4.52. The topological polar surface area (TPSA) is 29.5 Å². The molecule has 1 heterocycles. The van der Waals surface area contributed by atoms with Gasteiger partial charge in [0.1, 0.15) is 5.75 Å². The highest BCUT2D eigenvalue weighted by atomic mass is 16.5. The normalized spacial score (nSPS) is 23.2. The van der Waals surface area contributed by atoms with Crippen LogP contribution in [0.25, 0.3) is 0 Å². The first-order valence-electron chi connectivity index (χ1n) is 7.20. The first-order chi connectivity index (χ1) is 9.28. The van der Waals surface area contributed by atoms with E-state index in [0.29, 0.717) is 17.7 Å². The third kappa shape index (κ3) is 2.46. The zero-order chi connectivity index (χ0) is 13.2. The minimum absolute atomic E-state index is 0.328. The van der Waals surface area contributed by atoms with Crippen LogP contribution in [-0.4, -0.2) is 31.0 Å². The third-order valence-electron chi connectivity index (χ3n) is 4.54. The second kappa shape index (κ2) is 5.24. The predicted molar refractivity (Wildman–Crippen MR) is 74.3 cm³/mol. The van der Waals surface area contributed by atoms with Crippen molar-refractivity contribution >= 4 is 5.91 Å². The van der Waals surface area contributed by atoms with Crippen molar-refractivity contribution in [2.75, 3.05) is 20.2 Å². The van der Waals surface area contributed by atoms with E-state index in [2.05, 4.69) is 17.0 Å². The molecule has 1 atom stereocenters. The maximum Gasteiger partial charge on any atom is 0.225 e. The van der Waals surface area contributed by atoms with Gasteiger partial charge >= 0.3 is 0 Å². The van der Waals surface area contributed by atoms with Gasteiger partial charge in [0.05, 0.1) is 7.11 Å². The summed E-state index contributed by atoms with van der Waals surface area (Å²) < 4.78 is 5.18. The number of likely N-dealkylation sites (tertiary alicyclic amines) is 1. The van der Waals surface area contributed by atoms with Gasteiger partial charge in [0, 0.05) is 24.9 Å². The van der Waals surface area contributed by atoms with Gasteiger partial charge in [-0.25, -0.2) is 0 Å². The summed E-state index contributed by atoms with van der Waals surface area (Å²) in [6, 6.07) is 8.26. The van der Waals surface area contributed by atoms with Gasteiger partial charge in [0.25, 0.3) is 0 Å². The van der Waals surface area contributed by atoms with Gasteiger partial charge < -0.3 is 9.64 Å². The van der Waals surface area contributed by atoms with Crippen LogP contribution in [0.4, 0.5) is 0 Å². The standard InChI is InChI=1S/C16H21NO2/c1-19-15-7-5-12(6-8-15)14-9-10-17(11-14)16(18)13-3-2-4-13/h5-8,13-14H,2-4,9-11H2,1H3/t14-/m1/s1. The summed E-state index contributed by atoms with van der Waals surface area (Å²) in [5.41, 5.74) is 1.32. The first-order valence-corrected chi connectivity index (χ1v) is 7.20. The number of carbonyl (C=O) groups excluding carboxylic acids is 1. The largest absolute Gasteiger partial charge is 0.497 e. The van der Waals surface area contributed by atoms with Crippen molar-refractivity contribution < 1.29 is 9.53 Å². The Morgan fingerprint density at radius 3 is 2.53 bits per heavy atom. The van der Waals surface area contributed by atoms with Gasteiger partial charge in [0.2, 0.25) is 5.91 Å². The van der Waals surface area contributed by atoms with Gasteiger partial charge in [-0.3, -0.25) is 4.79 Å². The zero-order valence-electron chi connectivity index (χ0n) is 11.5. The molecule has 3 heteroatoms. The minimum Gasteiger partial charge on any atom is -0.497 e. The molecular weight excluding hydrogens is 238 g/mol. The Morgan fingerprint density at radius 2 is 1.95 bits per heavy atom. The molecule has 3 rings (SSSR count). The molecular formula is C16H21NO2. The summed E-state index contributed by atoms with van der Waals surface area (Å²) in [6.45, 7) is 1.81. The maximum atomic E-state index is 12.2. The molecule has 1 aromatic rings. The van der Waals surface area contributed by atoms with E-state index >= 15 is 0 Å². The smallest absolute Gasteiger partial charge is 0.225 e. The molecule has 0 aromatic heterocycles. The number of rotatable bonds is 3. The highest BCUT2D eigenvalue weighted by molar-refractivity contribution is 5.80. The van der Waals surface area contributed by atoms with Crippen molar-refractivity contribution in [3.8, 4) is 5.75 Å². The Morgan fingerprint density at radius 1 is 1.21 bits per heavy atom. The van der Waals surface area contributed by atoms with Crippen LogP contribution in [0.5, 0.6) is 5.75 Å². The average Bonchev–Trinajstić information content (AvgIpc) is 2.86. The molecule has 2 aliphatic rings. The fraction of sp³-hybridized carbons (Fsp3) is 0.562. The lowest BCUT2D eigenvalue weighted by molar-refractivity contribution is -0.137. The molecule has 0 N–H and O–H groups in total. The molecule has 1 saturated heterocycles. The molecule has 1 saturated carbocycles. The molecule has 102 valence electrons. The second-order valence-electron chi connectivity index (χ2n) is 5.67. The SMILES string of the molecule is COc1ccc([C@@H]2CCN(C(=O)C3CCC3)C2)cc1. The number of nitrogens with zero attached hydrogens (tertiary/aromatic N) is 1. The monoisotopic (exact) mass is 259 g/mol. The molecule has 1 aliphatic carbocycles. The van der Waals surface area contributed by atoms with Gasteiger partial charge in [-0.1, -0.05) is 18.6 Å². The minimum atomic E-state index is 0.328. The molecule has 0 unspecified atom stereocenters. The summed E-state index contributed by atoms with van der Waals surface area (Å²) in [4.78, 5) is 14.3. The number of carbonyl (C=O) groups is 1. The lowest BCUT2D eigenvalue weighted by Crippen LogP contribution is -2.37. The predicted octanol–water partition coefficient (Wildman–Crippen LogP) is 2.81. The summed E-state index contributed by atoms with van der Waals surface area (Å²) in [5.74, 6) is 2.11. The highest BCUT2D eigenvalue weighted by Crippen LogP contribution is 2.33. The van der Waals surface area contributed by atoms with E-state index in [4.69, 9.17) is 4.74 Å². The first kappa shape index (κ1) is 12.5. The van der Waals surface area contributed by atoms with Crippen LogP contribution < -0.4 is 4.74 Å². The van der Waals surface area contributed by atoms with Crippen molar-refractivity contribution in [1.29, 1.82) is 0 Å². The summed E-state index contributed by atoms with van der Waals surface area (Å²) in [7, 11) is 1.68. The quantitative estimate of drug-likeness (QED) is 0.835. The van der Waals surface area contributed by atoms with E-state index in [9.17, 15) is 4.79 Å². The highest BCUT2D eigenvalue weighted by Gasteiger charge is 2.33. The van der Waals surface area contributed by atoms with Crippen LogP contribution in [0.15, 0.2) is 24.3 Å². The van der Waals surface area contributed by atoms with E-state index in [1.807, 2.05) is 12.1 Å². The van der Waals surface area contributed by atoms with Gasteiger partial charge in [-0.15, -0.1) is 0 Å². The van der Waals surface area contributed by atoms with Gasteiger partial charge in [-0.2, -0.15) is 0 Å². The van der Waals surface area contributed by atoms with E-state index < -0.39 is 0 Å². The Hall–Kier alpha value is -1.51. The maximum absolute atomic E-state index is 12.2. The van der Waals surface area contributed by atoms with E-state index in [1.54, 1.807) is 7.11 Å². The number of amides is 1. The van der Waals surface area contributed by atoms with Crippen molar-refractivity contribution in [1.82, 2.24) is 4.90 Å². The molecule has 1 aromatic carbocycles. The lowest BCUT2D eigenvalue weighted by Gasteiger charge is -2.29. The van der Waals surface area contributed by atoms with Crippen LogP contribution in [-0.2, 0) is 4.79 Å². The Balaban J connectivity index is 1.62. The fourth-order valence-corrected chi connectivity index (χ4v) is 3.02. The molecule has 0 bridgehead atoms. The Bertz CT molecular complexity index is 450. The van der Waals surface area contributed by atoms with Crippen molar-refractivity contribution in [3.05, 3.63) is 29.8 Å². The van der Waals surface area contributed by atoms with E-state index in [1.165, 1.54) is 12.0 Å². The molecule has 2 fully saturated rings. The van der Waals surface area contributed by atoms with Crippen LogP contribution in [0.1, 0.15) is 37.2 Å². The fourth-order valence-electron chi connectivity index (χ4n) is 3.02.